The fraction of sp³-hybridized carbons (Fsp3) is 1.00. The zero-order valence-corrected chi connectivity index (χ0v) is 3.22. The summed E-state index contributed by atoms with van der Waals surface area (Å²) < 4.78 is 4.23. The molecule has 1 aliphatic rings. The highest BCUT2D eigenvalue weighted by molar-refractivity contribution is 4.58. The standard InChI is InChI=1S/C3H6O3/c4-3(5)1-2-6-3/h4-5H,1-2H2. The molecule has 0 aliphatic carbocycles. The van der Waals surface area contributed by atoms with Crippen LogP contribution in [0.1, 0.15) is 6.42 Å². The smallest absolute Gasteiger partial charge is 0.280 e. The Labute approximate surface area is 35.2 Å². The number of hydrogen-bond donors (Lipinski definition) is 2. The van der Waals surface area contributed by atoms with Crippen LogP contribution < -0.4 is 0 Å². The summed E-state index contributed by atoms with van der Waals surface area (Å²) in [5.41, 5.74) is 0. The number of hydrogen-bond acceptors (Lipinski definition) is 3. The van der Waals surface area contributed by atoms with Gasteiger partial charge in [0.05, 0.1) is 13.0 Å². The van der Waals surface area contributed by atoms with Crippen LogP contribution in [0.5, 0.6) is 0 Å². The minimum Gasteiger partial charge on any atom is -0.343 e. The van der Waals surface area contributed by atoms with Crippen LogP contribution >= 0.6 is 0 Å². The molecule has 0 aromatic heterocycles. The van der Waals surface area contributed by atoms with Gasteiger partial charge in [-0.25, -0.2) is 0 Å². The lowest BCUT2D eigenvalue weighted by Crippen LogP contribution is -2.42. The van der Waals surface area contributed by atoms with E-state index in [2.05, 4.69) is 4.74 Å². The van der Waals surface area contributed by atoms with E-state index in [1.54, 1.807) is 0 Å². The van der Waals surface area contributed by atoms with Gasteiger partial charge < -0.3 is 14.9 Å². The van der Waals surface area contributed by atoms with Gasteiger partial charge in [-0.1, -0.05) is 0 Å². The molecule has 0 unspecified atom stereocenters. The molecule has 1 heterocycles. The fourth-order valence-electron chi connectivity index (χ4n) is 0.285. The first-order chi connectivity index (χ1) is 2.71. The predicted molar refractivity (Wildman–Crippen MR) is 17.7 cm³/mol. The van der Waals surface area contributed by atoms with Crippen LogP contribution in [0.4, 0.5) is 0 Å². The summed E-state index contributed by atoms with van der Waals surface area (Å²) in [6.45, 7) is 0.465. The summed E-state index contributed by atoms with van der Waals surface area (Å²) in [4.78, 5) is 0. The largest absolute Gasteiger partial charge is 0.343 e. The fourth-order valence-corrected chi connectivity index (χ4v) is 0.285. The minimum absolute atomic E-state index is 0.340. The third-order valence-corrected chi connectivity index (χ3v) is 0.761. The molecule has 6 heavy (non-hydrogen) atoms. The maximum absolute atomic E-state index is 8.25. The van der Waals surface area contributed by atoms with Crippen molar-refractivity contribution in [1.29, 1.82) is 0 Å². The number of rotatable bonds is 0. The molecule has 3 nitrogen and oxygen atoms in total. The summed E-state index contributed by atoms with van der Waals surface area (Å²) in [6.07, 6.45) is 0.340. The molecule has 1 saturated heterocycles. The van der Waals surface area contributed by atoms with Gasteiger partial charge in [-0.05, 0) is 0 Å². The van der Waals surface area contributed by atoms with Crippen LogP contribution in [-0.4, -0.2) is 22.8 Å². The maximum Gasteiger partial charge on any atom is 0.280 e. The van der Waals surface area contributed by atoms with Gasteiger partial charge >= 0.3 is 0 Å². The van der Waals surface area contributed by atoms with E-state index in [-0.39, 0.29) is 0 Å². The molecule has 3 heteroatoms. The quantitative estimate of drug-likeness (QED) is 0.377. The van der Waals surface area contributed by atoms with E-state index in [1.165, 1.54) is 0 Å². The maximum atomic E-state index is 8.25. The molecule has 0 aromatic rings. The molecule has 0 atom stereocenters. The van der Waals surface area contributed by atoms with Crippen molar-refractivity contribution >= 4 is 0 Å². The zero-order valence-electron chi connectivity index (χ0n) is 3.22. The average Bonchev–Trinajstić information content (AvgIpc) is 1.32. The normalized spacial score (nSPS) is 29.0. The van der Waals surface area contributed by atoms with Gasteiger partial charge in [-0.2, -0.15) is 0 Å². The summed E-state index contributed by atoms with van der Waals surface area (Å²) in [7, 11) is 0. The highest BCUT2D eigenvalue weighted by Gasteiger charge is 2.32. The topological polar surface area (TPSA) is 49.7 Å². The Morgan fingerprint density at radius 2 is 1.83 bits per heavy atom. The van der Waals surface area contributed by atoms with Crippen LogP contribution in [0, 0.1) is 0 Å². The molecule has 0 aromatic carbocycles. The summed E-state index contributed by atoms with van der Waals surface area (Å²) >= 11 is 0. The Morgan fingerprint density at radius 3 is 1.83 bits per heavy atom. The molecule has 0 spiro atoms. The van der Waals surface area contributed by atoms with Crippen LogP contribution in [-0.2, 0) is 4.74 Å². The minimum atomic E-state index is -1.78. The first kappa shape index (κ1) is 4.05. The molecule has 2 N–H and O–H groups in total. The molecule has 0 radical (unpaired) electrons. The van der Waals surface area contributed by atoms with Gasteiger partial charge in [-0.15, -0.1) is 0 Å². The second-order valence-corrected chi connectivity index (χ2v) is 1.34. The van der Waals surface area contributed by atoms with Crippen molar-refractivity contribution in [2.75, 3.05) is 6.61 Å². The first-order valence-corrected chi connectivity index (χ1v) is 1.79. The van der Waals surface area contributed by atoms with Crippen molar-refractivity contribution in [3.63, 3.8) is 0 Å². The van der Waals surface area contributed by atoms with E-state index >= 15 is 0 Å². The van der Waals surface area contributed by atoms with Crippen LogP contribution in [0.15, 0.2) is 0 Å². The lowest BCUT2D eigenvalue weighted by Gasteiger charge is -2.29. The average molecular weight is 90.1 g/mol. The van der Waals surface area contributed by atoms with Gasteiger partial charge in [0, 0.05) is 0 Å². The zero-order chi connectivity index (χ0) is 4.62. The van der Waals surface area contributed by atoms with Crippen molar-refractivity contribution in [3.05, 3.63) is 0 Å². The van der Waals surface area contributed by atoms with Crippen molar-refractivity contribution in [3.8, 4) is 0 Å². The lowest BCUT2D eigenvalue weighted by atomic mass is 10.3. The van der Waals surface area contributed by atoms with E-state index in [4.69, 9.17) is 10.2 Å². The van der Waals surface area contributed by atoms with E-state index in [0.717, 1.165) is 0 Å². The van der Waals surface area contributed by atoms with Crippen LogP contribution in [0.3, 0.4) is 0 Å². The highest BCUT2D eigenvalue weighted by Crippen LogP contribution is 2.17. The second-order valence-electron chi connectivity index (χ2n) is 1.34. The Morgan fingerprint density at radius 1 is 1.50 bits per heavy atom. The summed E-state index contributed by atoms with van der Waals surface area (Å²) in [6, 6.07) is 0. The highest BCUT2D eigenvalue weighted by atomic mass is 16.8. The van der Waals surface area contributed by atoms with Crippen molar-refractivity contribution in [2.24, 2.45) is 0 Å². The molecule has 1 rings (SSSR count). The Bertz CT molecular complexity index is 53.1. The van der Waals surface area contributed by atoms with E-state index in [1.807, 2.05) is 0 Å². The van der Waals surface area contributed by atoms with Gasteiger partial charge in [0.15, 0.2) is 0 Å². The molecule has 0 saturated carbocycles. The van der Waals surface area contributed by atoms with Gasteiger partial charge in [0.25, 0.3) is 5.97 Å². The summed E-state index contributed by atoms with van der Waals surface area (Å²) in [5, 5.41) is 16.5. The van der Waals surface area contributed by atoms with E-state index in [0.29, 0.717) is 13.0 Å². The molecule has 36 valence electrons. The second kappa shape index (κ2) is 0.932. The van der Waals surface area contributed by atoms with E-state index < -0.39 is 5.97 Å². The molecule has 0 bridgehead atoms. The lowest BCUT2D eigenvalue weighted by molar-refractivity contribution is -0.400. The first-order valence-electron chi connectivity index (χ1n) is 1.79. The van der Waals surface area contributed by atoms with Crippen molar-refractivity contribution in [2.45, 2.75) is 12.4 Å². The Hall–Kier alpha value is -0.120. The van der Waals surface area contributed by atoms with Gasteiger partial charge in [-0.3, -0.25) is 0 Å². The van der Waals surface area contributed by atoms with Gasteiger partial charge in [0.1, 0.15) is 0 Å². The molecule has 0 amide bonds. The summed E-state index contributed by atoms with van der Waals surface area (Å²) in [5.74, 6) is -1.78. The molecular formula is C3H6O3. The third kappa shape index (κ3) is 0.518. The number of aliphatic hydroxyl groups is 2. The number of ether oxygens (including phenoxy) is 1. The Kier molecular flexibility index (Phi) is 0.629. The Balaban J connectivity index is 2.31. The van der Waals surface area contributed by atoms with E-state index in [9.17, 15) is 0 Å². The molecule has 1 fully saturated rings. The predicted octanol–water partition coefficient (Wildman–Crippen LogP) is -0.955. The van der Waals surface area contributed by atoms with Crippen LogP contribution in [0.2, 0.25) is 0 Å². The molecule has 1 aliphatic heterocycles. The SMILES string of the molecule is OC1(O)CCO1. The van der Waals surface area contributed by atoms with Crippen molar-refractivity contribution < 1.29 is 14.9 Å². The van der Waals surface area contributed by atoms with Crippen LogP contribution in [0.25, 0.3) is 0 Å². The molecular weight excluding hydrogens is 84.0 g/mol. The monoisotopic (exact) mass is 90.0 g/mol. The van der Waals surface area contributed by atoms with Crippen molar-refractivity contribution in [1.82, 2.24) is 0 Å². The third-order valence-electron chi connectivity index (χ3n) is 0.761. The van der Waals surface area contributed by atoms with Gasteiger partial charge in [0.2, 0.25) is 0 Å².